The predicted octanol–water partition coefficient (Wildman–Crippen LogP) is 5.02. The van der Waals surface area contributed by atoms with Gasteiger partial charge >= 0.3 is 11.9 Å². The second kappa shape index (κ2) is 10.8. The van der Waals surface area contributed by atoms with Crippen molar-refractivity contribution in [1.29, 1.82) is 0 Å². The highest BCUT2D eigenvalue weighted by Crippen LogP contribution is 2.13. The molecule has 1 atom stereocenters. The molecular formula is C20H30O4. The highest BCUT2D eigenvalue weighted by molar-refractivity contribution is 5.95. The Bertz CT molecular complexity index is 522. The predicted molar refractivity (Wildman–Crippen MR) is 95.2 cm³/mol. The molecule has 134 valence electrons. The Morgan fingerprint density at radius 1 is 1.00 bits per heavy atom. The van der Waals surface area contributed by atoms with Crippen LogP contribution in [-0.4, -0.2) is 24.6 Å². The summed E-state index contributed by atoms with van der Waals surface area (Å²) < 4.78 is 10.6. The van der Waals surface area contributed by atoms with E-state index in [-0.39, 0.29) is 12.0 Å². The highest BCUT2D eigenvalue weighted by atomic mass is 16.5. The van der Waals surface area contributed by atoms with Crippen molar-refractivity contribution in [1.82, 2.24) is 0 Å². The minimum atomic E-state index is -0.411. The second-order valence-electron chi connectivity index (χ2n) is 6.64. The van der Waals surface area contributed by atoms with Crippen molar-refractivity contribution in [2.75, 3.05) is 6.61 Å². The van der Waals surface area contributed by atoms with E-state index < -0.39 is 11.9 Å². The van der Waals surface area contributed by atoms with Crippen LogP contribution in [0.2, 0.25) is 0 Å². The van der Waals surface area contributed by atoms with Crippen LogP contribution in [0.25, 0.3) is 0 Å². The van der Waals surface area contributed by atoms with Gasteiger partial charge in [-0.1, -0.05) is 46.1 Å². The molecule has 1 aromatic carbocycles. The molecule has 0 fully saturated rings. The van der Waals surface area contributed by atoms with E-state index >= 15 is 0 Å². The van der Waals surface area contributed by atoms with Gasteiger partial charge in [0, 0.05) is 0 Å². The van der Waals surface area contributed by atoms with Gasteiger partial charge in [-0.3, -0.25) is 0 Å². The fourth-order valence-corrected chi connectivity index (χ4v) is 2.27. The maximum atomic E-state index is 12.2. The molecule has 0 aliphatic rings. The van der Waals surface area contributed by atoms with Crippen LogP contribution in [0.4, 0.5) is 0 Å². The molecule has 0 aromatic heterocycles. The number of unbranched alkanes of at least 4 members (excludes halogenated alkanes) is 3. The fourth-order valence-electron chi connectivity index (χ4n) is 2.27. The first-order valence-electron chi connectivity index (χ1n) is 8.92. The molecule has 0 bridgehead atoms. The zero-order valence-electron chi connectivity index (χ0n) is 15.3. The quantitative estimate of drug-likeness (QED) is 0.445. The molecule has 0 radical (unpaired) electrons. The van der Waals surface area contributed by atoms with Gasteiger partial charge in [0.25, 0.3) is 0 Å². The summed E-state index contributed by atoms with van der Waals surface area (Å²) in [5.74, 6) is -0.530. The zero-order valence-corrected chi connectivity index (χ0v) is 15.3. The van der Waals surface area contributed by atoms with Gasteiger partial charge < -0.3 is 9.47 Å². The van der Waals surface area contributed by atoms with E-state index in [1.807, 2.05) is 20.8 Å². The van der Waals surface area contributed by atoms with Crippen LogP contribution in [-0.2, 0) is 9.47 Å². The first-order valence-corrected chi connectivity index (χ1v) is 8.92. The van der Waals surface area contributed by atoms with Crippen LogP contribution < -0.4 is 0 Å². The lowest BCUT2D eigenvalue weighted by Gasteiger charge is -2.13. The summed E-state index contributed by atoms with van der Waals surface area (Å²) in [6, 6.07) is 6.52. The van der Waals surface area contributed by atoms with Gasteiger partial charge in [0.05, 0.1) is 23.8 Å². The van der Waals surface area contributed by atoms with Crippen molar-refractivity contribution >= 4 is 11.9 Å². The van der Waals surface area contributed by atoms with Gasteiger partial charge in [-0.05, 0) is 43.9 Å². The Balaban J connectivity index is 2.55. The van der Waals surface area contributed by atoms with Crippen LogP contribution >= 0.6 is 0 Å². The van der Waals surface area contributed by atoms with Crippen molar-refractivity contribution in [3.8, 4) is 0 Å². The van der Waals surface area contributed by atoms with Crippen LogP contribution in [0.15, 0.2) is 24.3 Å². The molecule has 0 heterocycles. The number of carbonyl (C=O) groups is 2. The van der Waals surface area contributed by atoms with Gasteiger partial charge in [0.15, 0.2) is 0 Å². The van der Waals surface area contributed by atoms with E-state index in [4.69, 9.17) is 9.47 Å². The largest absolute Gasteiger partial charge is 0.462 e. The Hall–Kier alpha value is -1.84. The summed E-state index contributed by atoms with van der Waals surface area (Å²) >= 11 is 0. The van der Waals surface area contributed by atoms with Crippen molar-refractivity contribution < 1.29 is 19.1 Å². The lowest BCUT2D eigenvalue weighted by Crippen LogP contribution is -2.16. The SMILES string of the molecule is CCCCCCC(C)OC(=O)c1cccc(C(=O)OCC(C)C)c1. The monoisotopic (exact) mass is 334 g/mol. The number of hydrogen-bond acceptors (Lipinski definition) is 4. The maximum absolute atomic E-state index is 12.2. The van der Waals surface area contributed by atoms with E-state index in [0.717, 1.165) is 19.3 Å². The normalized spacial score (nSPS) is 12.0. The molecule has 0 aliphatic carbocycles. The van der Waals surface area contributed by atoms with Crippen LogP contribution in [0.1, 0.15) is 80.5 Å². The Labute approximate surface area is 145 Å². The Kier molecular flexibility index (Phi) is 9.13. The van der Waals surface area contributed by atoms with Gasteiger partial charge in [0.2, 0.25) is 0 Å². The number of esters is 2. The average molecular weight is 334 g/mol. The summed E-state index contributed by atoms with van der Waals surface area (Å²) in [4.78, 5) is 24.2. The number of rotatable bonds is 10. The standard InChI is InChI=1S/C20H30O4/c1-5-6-7-8-10-16(4)24-20(22)18-12-9-11-17(13-18)19(21)23-14-15(2)3/h9,11-13,15-16H,5-8,10,14H2,1-4H3. The first kappa shape index (κ1) is 20.2. The van der Waals surface area contributed by atoms with Crippen molar-refractivity contribution in [3.05, 3.63) is 35.4 Å². The topological polar surface area (TPSA) is 52.6 Å². The molecule has 4 nitrogen and oxygen atoms in total. The molecule has 0 aliphatic heterocycles. The molecule has 0 amide bonds. The van der Waals surface area contributed by atoms with Crippen molar-refractivity contribution in [3.63, 3.8) is 0 Å². The molecule has 24 heavy (non-hydrogen) atoms. The lowest BCUT2D eigenvalue weighted by atomic mass is 10.1. The van der Waals surface area contributed by atoms with Gasteiger partial charge in [-0.15, -0.1) is 0 Å². The summed E-state index contributed by atoms with van der Waals surface area (Å²) in [6.07, 6.45) is 5.36. The van der Waals surface area contributed by atoms with Gasteiger partial charge in [-0.2, -0.15) is 0 Å². The van der Waals surface area contributed by atoms with E-state index in [0.29, 0.717) is 17.7 Å². The third kappa shape index (κ3) is 7.62. The Morgan fingerprint density at radius 2 is 1.67 bits per heavy atom. The van der Waals surface area contributed by atoms with Crippen LogP contribution in [0, 0.1) is 5.92 Å². The minimum absolute atomic E-state index is 0.120. The Morgan fingerprint density at radius 3 is 2.29 bits per heavy atom. The summed E-state index contributed by atoms with van der Waals surface area (Å²) in [5.41, 5.74) is 0.759. The lowest BCUT2D eigenvalue weighted by molar-refractivity contribution is 0.0319. The molecule has 0 N–H and O–H groups in total. The molecule has 0 spiro atoms. The van der Waals surface area contributed by atoms with Crippen molar-refractivity contribution in [2.45, 2.75) is 65.9 Å². The molecule has 1 unspecified atom stereocenters. The molecule has 4 heteroatoms. The highest BCUT2D eigenvalue weighted by Gasteiger charge is 2.15. The molecule has 0 saturated heterocycles. The second-order valence-corrected chi connectivity index (χ2v) is 6.64. The van der Waals surface area contributed by atoms with Crippen LogP contribution in [0.3, 0.4) is 0 Å². The maximum Gasteiger partial charge on any atom is 0.338 e. The zero-order chi connectivity index (χ0) is 17.9. The van der Waals surface area contributed by atoms with Gasteiger partial charge in [-0.25, -0.2) is 9.59 Å². The van der Waals surface area contributed by atoms with Crippen LogP contribution in [0.5, 0.6) is 0 Å². The minimum Gasteiger partial charge on any atom is -0.462 e. The van der Waals surface area contributed by atoms with E-state index in [1.165, 1.54) is 18.9 Å². The number of carbonyl (C=O) groups excluding carboxylic acids is 2. The van der Waals surface area contributed by atoms with Gasteiger partial charge in [0.1, 0.15) is 0 Å². The molecular weight excluding hydrogens is 304 g/mol. The molecule has 1 aromatic rings. The fraction of sp³-hybridized carbons (Fsp3) is 0.600. The first-order chi connectivity index (χ1) is 11.4. The smallest absolute Gasteiger partial charge is 0.338 e. The number of benzene rings is 1. The third-order valence-corrected chi connectivity index (χ3v) is 3.65. The average Bonchev–Trinajstić information content (AvgIpc) is 2.56. The summed E-state index contributed by atoms with van der Waals surface area (Å²) in [7, 11) is 0. The summed E-state index contributed by atoms with van der Waals surface area (Å²) in [5, 5.41) is 0. The summed E-state index contributed by atoms with van der Waals surface area (Å²) in [6.45, 7) is 8.39. The molecule has 0 saturated carbocycles. The number of hydrogen-bond donors (Lipinski definition) is 0. The van der Waals surface area contributed by atoms with E-state index in [1.54, 1.807) is 18.2 Å². The third-order valence-electron chi connectivity index (χ3n) is 3.65. The van der Waals surface area contributed by atoms with E-state index in [9.17, 15) is 9.59 Å². The van der Waals surface area contributed by atoms with Crippen molar-refractivity contribution in [2.24, 2.45) is 5.92 Å². The number of ether oxygens (including phenoxy) is 2. The molecule has 1 rings (SSSR count). The van der Waals surface area contributed by atoms with E-state index in [2.05, 4.69) is 6.92 Å².